The number of rotatable bonds is 5. The number of hydrogen-bond acceptors (Lipinski definition) is 6. The predicted molar refractivity (Wildman–Crippen MR) is 89.4 cm³/mol. The van der Waals surface area contributed by atoms with Crippen molar-refractivity contribution in [1.82, 2.24) is 30.1 Å². The van der Waals surface area contributed by atoms with Crippen molar-refractivity contribution in [2.24, 2.45) is 0 Å². The maximum atomic E-state index is 4.38. The van der Waals surface area contributed by atoms with Crippen molar-refractivity contribution in [3.05, 3.63) is 30.2 Å². The molecule has 0 aromatic carbocycles. The molecule has 0 saturated carbocycles. The highest BCUT2D eigenvalue weighted by molar-refractivity contribution is 5.42. The second-order valence-corrected chi connectivity index (χ2v) is 7.19. The minimum absolute atomic E-state index is 0.0454. The van der Waals surface area contributed by atoms with Gasteiger partial charge in [-0.05, 0) is 19.2 Å². The van der Waals surface area contributed by atoms with Gasteiger partial charge in [0.05, 0.1) is 24.6 Å². The van der Waals surface area contributed by atoms with Crippen LogP contribution in [0.3, 0.4) is 0 Å². The molecule has 1 saturated heterocycles. The third-order valence-corrected chi connectivity index (χ3v) is 4.35. The highest BCUT2D eigenvalue weighted by atomic mass is 15.5. The molecule has 0 aliphatic carbocycles. The molecule has 0 bridgehead atoms. The average Bonchev–Trinajstić information content (AvgIpc) is 2.96. The summed E-state index contributed by atoms with van der Waals surface area (Å²) >= 11 is 0. The van der Waals surface area contributed by atoms with E-state index in [0.717, 1.165) is 37.7 Å². The van der Waals surface area contributed by atoms with E-state index in [4.69, 9.17) is 0 Å². The Bertz CT molecular complexity index is 609. The van der Waals surface area contributed by atoms with Crippen molar-refractivity contribution >= 4 is 5.82 Å². The van der Waals surface area contributed by atoms with Crippen LogP contribution in [0.1, 0.15) is 26.5 Å². The summed E-state index contributed by atoms with van der Waals surface area (Å²) in [4.78, 5) is 6.35. The zero-order valence-electron chi connectivity index (χ0n) is 14.3. The van der Waals surface area contributed by atoms with Crippen molar-refractivity contribution in [1.29, 1.82) is 0 Å². The molecule has 0 radical (unpaired) electrons. The van der Waals surface area contributed by atoms with E-state index in [0.29, 0.717) is 6.04 Å². The molecule has 0 N–H and O–H groups in total. The fraction of sp³-hybridized carbons (Fsp3) is 0.625. The Morgan fingerprint density at radius 2 is 1.83 bits per heavy atom. The zero-order chi connectivity index (χ0) is 16.4. The first-order valence-electron chi connectivity index (χ1n) is 8.07. The fourth-order valence-corrected chi connectivity index (χ4v) is 2.60. The minimum Gasteiger partial charge on any atom is -0.352 e. The molecule has 7 nitrogen and oxygen atoms in total. The lowest BCUT2D eigenvalue weighted by atomic mass is 9.92. The van der Waals surface area contributed by atoms with Crippen LogP contribution in [0.25, 0.3) is 0 Å². The Labute approximate surface area is 137 Å². The smallest absolute Gasteiger partial charge is 0.151 e. The van der Waals surface area contributed by atoms with Crippen LogP contribution >= 0.6 is 0 Å². The average molecular weight is 315 g/mol. The quantitative estimate of drug-likeness (QED) is 0.826. The maximum absolute atomic E-state index is 4.38. The minimum atomic E-state index is 0.0454. The van der Waals surface area contributed by atoms with Gasteiger partial charge in [-0.15, -0.1) is 5.10 Å². The van der Waals surface area contributed by atoms with Crippen LogP contribution < -0.4 is 4.90 Å². The van der Waals surface area contributed by atoms with Gasteiger partial charge in [0.15, 0.2) is 5.82 Å². The van der Waals surface area contributed by atoms with Crippen LogP contribution in [-0.4, -0.2) is 62.8 Å². The van der Waals surface area contributed by atoms with Gasteiger partial charge in [0, 0.05) is 31.1 Å². The molecular formula is C16H25N7. The zero-order valence-corrected chi connectivity index (χ0v) is 14.3. The largest absolute Gasteiger partial charge is 0.352 e. The molecular weight excluding hydrogens is 290 g/mol. The van der Waals surface area contributed by atoms with E-state index in [9.17, 15) is 0 Å². The van der Waals surface area contributed by atoms with Gasteiger partial charge in [-0.2, -0.15) is 20.1 Å². The molecule has 3 rings (SSSR count). The molecule has 1 aliphatic heterocycles. The lowest BCUT2D eigenvalue weighted by molar-refractivity contribution is 0.192. The number of hydrogen-bond donors (Lipinski definition) is 0. The summed E-state index contributed by atoms with van der Waals surface area (Å²) in [5.74, 6) is 0.969. The summed E-state index contributed by atoms with van der Waals surface area (Å²) in [6, 6.07) is 4.72. The van der Waals surface area contributed by atoms with Gasteiger partial charge in [0.25, 0.3) is 0 Å². The standard InChI is InChI=1S/C16H25N7/c1-16(2,3)14-5-6-15(20-19-14)22-11-13(12-22)21(4)9-10-23-17-7-8-18-23/h5-8,13H,9-12H2,1-4H3. The first-order chi connectivity index (χ1) is 10.9. The van der Waals surface area contributed by atoms with E-state index >= 15 is 0 Å². The molecule has 0 atom stereocenters. The van der Waals surface area contributed by atoms with E-state index in [2.05, 4.69) is 70.1 Å². The second-order valence-electron chi connectivity index (χ2n) is 7.19. The summed E-state index contributed by atoms with van der Waals surface area (Å²) in [5.41, 5.74) is 1.08. The molecule has 1 fully saturated rings. The van der Waals surface area contributed by atoms with Crippen molar-refractivity contribution in [3.63, 3.8) is 0 Å². The summed E-state index contributed by atoms with van der Waals surface area (Å²) in [7, 11) is 2.15. The summed E-state index contributed by atoms with van der Waals surface area (Å²) in [6.07, 6.45) is 3.43. The molecule has 0 amide bonds. The Morgan fingerprint density at radius 1 is 1.13 bits per heavy atom. The van der Waals surface area contributed by atoms with Gasteiger partial charge < -0.3 is 4.90 Å². The first kappa shape index (κ1) is 15.9. The summed E-state index contributed by atoms with van der Waals surface area (Å²) in [5, 5.41) is 17.0. The monoisotopic (exact) mass is 315 g/mol. The van der Waals surface area contributed by atoms with Crippen molar-refractivity contribution < 1.29 is 0 Å². The normalized spacial score (nSPS) is 16.0. The Hall–Kier alpha value is -2.02. The third kappa shape index (κ3) is 3.67. The molecule has 124 valence electrons. The van der Waals surface area contributed by atoms with Gasteiger partial charge in [0.1, 0.15) is 0 Å². The third-order valence-electron chi connectivity index (χ3n) is 4.35. The SMILES string of the molecule is CN(CCn1nccn1)C1CN(c2ccc(C(C)(C)C)nn2)C1. The number of likely N-dealkylation sites (N-methyl/N-ethyl adjacent to an activating group) is 1. The van der Waals surface area contributed by atoms with Crippen molar-refractivity contribution in [2.75, 3.05) is 31.6 Å². The Kier molecular flexibility index (Phi) is 4.30. The van der Waals surface area contributed by atoms with Gasteiger partial charge >= 0.3 is 0 Å². The van der Waals surface area contributed by atoms with Crippen LogP contribution in [-0.2, 0) is 12.0 Å². The molecule has 0 spiro atoms. The predicted octanol–water partition coefficient (Wildman–Crippen LogP) is 1.19. The van der Waals surface area contributed by atoms with Gasteiger partial charge in [-0.3, -0.25) is 4.90 Å². The van der Waals surface area contributed by atoms with Crippen molar-refractivity contribution in [2.45, 2.75) is 38.8 Å². The van der Waals surface area contributed by atoms with Gasteiger partial charge in [0.2, 0.25) is 0 Å². The second kappa shape index (κ2) is 6.23. The fourth-order valence-electron chi connectivity index (χ4n) is 2.60. The topological polar surface area (TPSA) is 63.0 Å². The van der Waals surface area contributed by atoms with Crippen LogP contribution in [0, 0.1) is 0 Å². The highest BCUT2D eigenvalue weighted by Gasteiger charge is 2.31. The molecule has 7 heteroatoms. The number of nitrogens with zero attached hydrogens (tertiary/aromatic N) is 7. The molecule has 2 aromatic rings. The Morgan fingerprint density at radius 3 is 2.39 bits per heavy atom. The molecule has 2 aromatic heterocycles. The summed E-state index contributed by atoms with van der Waals surface area (Å²) < 4.78 is 0. The molecule has 3 heterocycles. The van der Waals surface area contributed by atoms with Crippen LogP contribution in [0.5, 0.6) is 0 Å². The summed E-state index contributed by atoms with van der Waals surface area (Å²) in [6.45, 7) is 10.2. The van der Waals surface area contributed by atoms with Crippen molar-refractivity contribution in [3.8, 4) is 0 Å². The van der Waals surface area contributed by atoms with Gasteiger partial charge in [-0.25, -0.2) is 0 Å². The first-order valence-corrected chi connectivity index (χ1v) is 8.07. The Balaban J connectivity index is 1.48. The lowest BCUT2D eigenvalue weighted by Crippen LogP contribution is -2.59. The molecule has 23 heavy (non-hydrogen) atoms. The van der Waals surface area contributed by atoms with E-state index in [1.54, 1.807) is 17.2 Å². The van der Waals surface area contributed by atoms with Crippen LogP contribution in [0.4, 0.5) is 5.82 Å². The number of aromatic nitrogens is 5. The highest BCUT2D eigenvalue weighted by Crippen LogP contribution is 2.24. The van der Waals surface area contributed by atoms with E-state index in [-0.39, 0.29) is 5.41 Å². The van der Waals surface area contributed by atoms with Gasteiger partial charge in [-0.1, -0.05) is 20.8 Å². The van der Waals surface area contributed by atoms with Crippen LogP contribution in [0.2, 0.25) is 0 Å². The van der Waals surface area contributed by atoms with E-state index < -0.39 is 0 Å². The molecule has 1 aliphatic rings. The van der Waals surface area contributed by atoms with E-state index in [1.807, 2.05) is 0 Å². The van der Waals surface area contributed by atoms with E-state index in [1.165, 1.54) is 0 Å². The maximum Gasteiger partial charge on any atom is 0.151 e. The lowest BCUT2D eigenvalue weighted by Gasteiger charge is -2.44. The number of anilines is 1. The van der Waals surface area contributed by atoms with Crippen LogP contribution in [0.15, 0.2) is 24.5 Å². The molecule has 0 unspecified atom stereocenters.